The molecule has 0 bridgehead atoms. The predicted molar refractivity (Wildman–Crippen MR) is 144 cm³/mol. The van der Waals surface area contributed by atoms with E-state index in [-0.39, 0.29) is 30.4 Å². The molecule has 0 spiro atoms. The van der Waals surface area contributed by atoms with E-state index in [1.165, 1.54) is 29.4 Å². The molecule has 1 aliphatic heterocycles. The number of nitrogens with zero attached hydrogens (tertiary/aromatic N) is 2. The standard InChI is InChI=1S/C24H25Cl2N5O4S2/c25-15-3-2-14-5-6-29-21(17(14)8-15)18-9-20(36-23(18)26)22(32)19-10-28-12-30-24(19)31-16-4-1-13(7-16)11-35-37(27,33)34/h2-3,8-10,12-13,16,21,29H,1,4-7,11H2,(H2,27,33,34)(H,28,30,31)/t13-,16+,21+/m1/s1. The van der Waals surface area contributed by atoms with Gasteiger partial charge in [-0.1, -0.05) is 29.3 Å². The fourth-order valence-corrected chi connectivity index (χ4v) is 6.83. The highest BCUT2D eigenvalue weighted by Gasteiger charge is 2.30. The molecule has 5 rings (SSSR count). The molecular weight excluding hydrogens is 557 g/mol. The summed E-state index contributed by atoms with van der Waals surface area (Å²) in [5, 5.41) is 12.4. The van der Waals surface area contributed by atoms with Gasteiger partial charge in [-0.25, -0.2) is 15.1 Å². The van der Waals surface area contributed by atoms with Gasteiger partial charge in [0.25, 0.3) is 0 Å². The highest BCUT2D eigenvalue weighted by atomic mass is 35.5. The minimum Gasteiger partial charge on any atom is -0.367 e. The molecule has 13 heteroatoms. The first-order valence-corrected chi connectivity index (χ1v) is 14.8. The van der Waals surface area contributed by atoms with Crippen LogP contribution < -0.4 is 15.8 Å². The van der Waals surface area contributed by atoms with Gasteiger partial charge in [-0.3, -0.25) is 8.98 Å². The van der Waals surface area contributed by atoms with Crippen LogP contribution in [-0.4, -0.2) is 43.4 Å². The third-order valence-corrected chi connectivity index (χ3v) is 8.80. The second-order valence-electron chi connectivity index (χ2n) is 9.23. The summed E-state index contributed by atoms with van der Waals surface area (Å²) in [7, 11) is -3.97. The summed E-state index contributed by atoms with van der Waals surface area (Å²) in [6, 6.07) is 7.54. The molecule has 37 heavy (non-hydrogen) atoms. The van der Waals surface area contributed by atoms with Crippen molar-refractivity contribution in [3.8, 4) is 0 Å². The maximum Gasteiger partial charge on any atom is 0.333 e. The maximum atomic E-state index is 13.6. The van der Waals surface area contributed by atoms with Gasteiger partial charge in [0.2, 0.25) is 5.78 Å². The number of rotatable bonds is 8. The van der Waals surface area contributed by atoms with Crippen LogP contribution in [-0.2, 0) is 20.9 Å². The van der Waals surface area contributed by atoms with Crippen LogP contribution in [0.2, 0.25) is 9.36 Å². The van der Waals surface area contributed by atoms with Crippen LogP contribution in [0.25, 0.3) is 0 Å². The average molecular weight is 583 g/mol. The number of hydrogen-bond acceptors (Lipinski definition) is 9. The quantitative estimate of drug-likeness (QED) is 0.338. The molecule has 0 unspecified atom stereocenters. The van der Waals surface area contributed by atoms with Crippen molar-refractivity contribution in [1.82, 2.24) is 15.3 Å². The highest BCUT2D eigenvalue weighted by molar-refractivity contribution is 7.84. The molecule has 3 heterocycles. The predicted octanol–water partition coefficient (Wildman–Crippen LogP) is 4.11. The monoisotopic (exact) mass is 581 g/mol. The Balaban J connectivity index is 1.34. The number of halogens is 2. The van der Waals surface area contributed by atoms with Crippen LogP contribution in [0.15, 0.2) is 36.8 Å². The topological polar surface area (TPSA) is 136 Å². The van der Waals surface area contributed by atoms with Crippen LogP contribution in [0.5, 0.6) is 0 Å². The highest BCUT2D eigenvalue weighted by Crippen LogP contribution is 2.39. The van der Waals surface area contributed by atoms with Gasteiger partial charge in [-0.15, -0.1) is 11.3 Å². The Hall–Kier alpha value is -2.12. The Labute approximate surface area is 229 Å². The van der Waals surface area contributed by atoms with Crippen LogP contribution >= 0.6 is 34.5 Å². The summed E-state index contributed by atoms with van der Waals surface area (Å²) < 4.78 is 27.4. The minimum atomic E-state index is -3.97. The molecule has 2 aliphatic rings. The summed E-state index contributed by atoms with van der Waals surface area (Å²) in [6.07, 6.45) is 5.98. The van der Waals surface area contributed by atoms with E-state index in [1.54, 1.807) is 0 Å². The van der Waals surface area contributed by atoms with Crippen molar-refractivity contribution in [2.75, 3.05) is 18.5 Å². The number of carbonyl (C=O) groups is 1. The lowest BCUT2D eigenvalue weighted by Crippen LogP contribution is -2.30. The lowest BCUT2D eigenvalue weighted by Gasteiger charge is -2.27. The molecule has 1 aliphatic carbocycles. The van der Waals surface area contributed by atoms with E-state index in [4.69, 9.17) is 32.5 Å². The third-order valence-electron chi connectivity index (χ3n) is 6.72. The Kier molecular flexibility index (Phi) is 7.83. The van der Waals surface area contributed by atoms with Gasteiger partial charge < -0.3 is 10.6 Å². The molecule has 1 aromatic carbocycles. The second kappa shape index (κ2) is 10.9. The Morgan fingerprint density at radius 1 is 1.24 bits per heavy atom. The van der Waals surface area contributed by atoms with E-state index >= 15 is 0 Å². The average Bonchev–Trinajstić information content (AvgIpc) is 3.48. The molecule has 4 N–H and O–H groups in total. The second-order valence-corrected chi connectivity index (χ2v) is 12.5. The molecule has 9 nitrogen and oxygen atoms in total. The molecule has 0 amide bonds. The van der Waals surface area contributed by atoms with Gasteiger partial charge in [-0.05, 0) is 60.9 Å². The number of nitrogens with two attached hydrogens (primary N) is 1. The molecule has 3 aromatic rings. The fraction of sp³-hybridized carbons (Fsp3) is 0.375. The van der Waals surface area contributed by atoms with Crippen LogP contribution in [0.3, 0.4) is 0 Å². The third kappa shape index (κ3) is 6.14. The van der Waals surface area contributed by atoms with E-state index in [2.05, 4.69) is 20.6 Å². The van der Waals surface area contributed by atoms with Crippen molar-refractivity contribution in [3.63, 3.8) is 0 Å². The van der Waals surface area contributed by atoms with Crippen molar-refractivity contribution in [2.45, 2.75) is 37.8 Å². The molecule has 2 aromatic heterocycles. The first-order chi connectivity index (χ1) is 17.7. The van der Waals surface area contributed by atoms with Gasteiger partial charge in [-0.2, -0.15) is 8.42 Å². The molecular formula is C24H25Cl2N5O4S2. The van der Waals surface area contributed by atoms with Crippen molar-refractivity contribution < 1.29 is 17.4 Å². The Bertz CT molecular complexity index is 1430. The van der Waals surface area contributed by atoms with Crippen LogP contribution in [0, 0.1) is 5.92 Å². The zero-order valence-corrected chi connectivity index (χ0v) is 22.8. The SMILES string of the molecule is NS(=O)(=O)OC[C@@H]1CC[C@H](Nc2ncncc2C(=O)c2cc([C@H]3NCCc4ccc(Cl)cc43)c(Cl)s2)C1. The van der Waals surface area contributed by atoms with E-state index < -0.39 is 10.3 Å². The number of nitrogens with one attached hydrogen (secondary N) is 2. The number of ketones is 1. The molecule has 1 fully saturated rings. The first-order valence-electron chi connectivity index (χ1n) is 11.8. The number of thiophene rings is 1. The smallest absolute Gasteiger partial charge is 0.333 e. The van der Waals surface area contributed by atoms with Crippen molar-refractivity contribution in [3.05, 3.63) is 73.3 Å². The lowest BCUT2D eigenvalue weighted by atomic mass is 9.91. The normalized spacial score (nSPS) is 21.5. The zero-order valence-electron chi connectivity index (χ0n) is 19.6. The number of benzene rings is 1. The molecule has 3 atom stereocenters. The van der Waals surface area contributed by atoms with Gasteiger partial charge in [0, 0.05) is 29.4 Å². The van der Waals surface area contributed by atoms with Gasteiger partial charge >= 0.3 is 10.3 Å². The number of hydrogen-bond donors (Lipinski definition) is 3. The van der Waals surface area contributed by atoms with Gasteiger partial charge in [0.15, 0.2) is 0 Å². The van der Waals surface area contributed by atoms with Gasteiger partial charge in [0.05, 0.1) is 27.4 Å². The number of anilines is 1. The summed E-state index contributed by atoms with van der Waals surface area (Å²) in [4.78, 5) is 22.4. The molecule has 0 radical (unpaired) electrons. The molecule has 0 saturated heterocycles. The fourth-order valence-electron chi connectivity index (χ4n) is 4.98. The largest absolute Gasteiger partial charge is 0.367 e. The Morgan fingerprint density at radius 3 is 2.89 bits per heavy atom. The van der Waals surface area contributed by atoms with Crippen molar-refractivity contribution >= 4 is 56.4 Å². The summed E-state index contributed by atoms with van der Waals surface area (Å²) in [5.41, 5.74) is 3.44. The molecule has 1 saturated carbocycles. The number of aromatic nitrogens is 2. The summed E-state index contributed by atoms with van der Waals surface area (Å²) >= 11 is 14.1. The van der Waals surface area contributed by atoms with Crippen molar-refractivity contribution in [2.24, 2.45) is 11.1 Å². The first kappa shape index (κ1) is 26.5. The Morgan fingerprint density at radius 2 is 2.08 bits per heavy atom. The van der Waals surface area contributed by atoms with Crippen LogP contribution in [0.1, 0.15) is 57.2 Å². The van der Waals surface area contributed by atoms with E-state index in [1.807, 2.05) is 24.3 Å². The van der Waals surface area contributed by atoms with Gasteiger partial charge in [0.1, 0.15) is 12.1 Å². The summed E-state index contributed by atoms with van der Waals surface area (Å²) in [6.45, 7) is 0.826. The lowest BCUT2D eigenvalue weighted by molar-refractivity contribution is 0.104. The molecule has 196 valence electrons. The maximum absolute atomic E-state index is 13.6. The zero-order chi connectivity index (χ0) is 26.2. The van der Waals surface area contributed by atoms with E-state index in [0.717, 1.165) is 36.9 Å². The minimum absolute atomic E-state index is 0.00528. The van der Waals surface area contributed by atoms with E-state index in [0.29, 0.717) is 32.0 Å². The summed E-state index contributed by atoms with van der Waals surface area (Å²) in [5.74, 6) is 0.238. The number of carbonyl (C=O) groups excluding carboxylic acids is 1. The van der Waals surface area contributed by atoms with E-state index in [9.17, 15) is 13.2 Å². The number of fused-ring (bicyclic) bond motifs is 1. The van der Waals surface area contributed by atoms with Crippen molar-refractivity contribution in [1.29, 1.82) is 0 Å². The van der Waals surface area contributed by atoms with Crippen LogP contribution in [0.4, 0.5) is 5.82 Å².